The van der Waals surface area contributed by atoms with Crippen molar-refractivity contribution in [2.75, 3.05) is 18.1 Å². The third-order valence-electron chi connectivity index (χ3n) is 6.07. The summed E-state index contributed by atoms with van der Waals surface area (Å²) in [6.45, 7) is 5.78. The van der Waals surface area contributed by atoms with Crippen molar-refractivity contribution in [3.63, 3.8) is 0 Å². The molecule has 2 saturated heterocycles. The van der Waals surface area contributed by atoms with Gasteiger partial charge in [-0.25, -0.2) is 0 Å². The Labute approximate surface area is 127 Å². The van der Waals surface area contributed by atoms with Gasteiger partial charge in [0, 0.05) is 18.4 Å². The Morgan fingerprint density at radius 1 is 1.30 bits per heavy atom. The third kappa shape index (κ3) is 2.77. The van der Waals surface area contributed by atoms with Crippen LogP contribution in [0, 0.1) is 17.3 Å². The van der Waals surface area contributed by atoms with Gasteiger partial charge in [-0.15, -0.1) is 0 Å². The Bertz CT molecular complexity index is 341. The molecule has 0 radical (unpaired) electrons. The molecule has 3 rings (SSSR count). The molecule has 2 heterocycles. The minimum Gasteiger partial charge on any atom is -0.374 e. The van der Waals surface area contributed by atoms with Crippen LogP contribution in [0.1, 0.15) is 52.4 Å². The van der Waals surface area contributed by atoms with Gasteiger partial charge < -0.3 is 4.74 Å². The van der Waals surface area contributed by atoms with Crippen molar-refractivity contribution >= 4 is 11.8 Å². The van der Waals surface area contributed by atoms with Crippen LogP contribution in [-0.4, -0.2) is 29.8 Å². The van der Waals surface area contributed by atoms with Gasteiger partial charge in [-0.05, 0) is 55.1 Å². The molecule has 2 aliphatic heterocycles. The Balaban J connectivity index is 1.72. The van der Waals surface area contributed by atoms with Crippen molar-refractivity contribution in [2.45, 2.75) is 64.0 Å². The number of hydrazine groups is 1. The highest BCUT2D eigenvalue weighted by Gasteiger charge is 2.47. The van der Waals surface area contributed by atoms with Crippen molar-refractivity contribution in [1.82, 2.24) is 5.43 Å². The normalized spacial score (nSPS) is 42.1. The largest absolute Gasteiger partial charge is 0.374 e. The molecule has 0 amide bonds. The van der Waals surface area contributed by atoms with E-state index >= 15 is 0 Å². The van der Waals surface area contributed by atoms with Crippen LogP contribution in [0.15, 0.2) is 0 Å². The van der Waals surface area contributed by atoms with Crippen molar-refractivity contribution in [3.8, 4) is 0 Å². The number of hydrogen-bond donors (Lipinski definition) is 2. The van der Waals surface area contributed by atoms with E-state index < -0.39 is 0 Å². The molecule has 0 aromatic heterocycles. The van der Waals surface area contributed by atoms with Gasteiger partial charge in [0.2, 0.25) is 0 Å². The number of rotatable bonds is 3. The summed E-state index contributed by atoms with van der Waals surface area (Å²) in [4.78, 5) is 0. The first kappa shape index (κ1) is 15.1. The molecule has 3 N–H and O–H groups in total. The Hall–Kier alpha value is 0.230. The van der Waals surface area contributed by atoms with Crippen LogP contribution in [0.25, 0.3) is 0 Å². The molecule has 1 spiro atoms. The molecule has 0 aromatic rings. The van der Waals surface area contributed by atoms with E-state index in [1.807, 2.05) is 0 Å². The highest BCUT2D eigenvalue weighted by Crippen LogP contribution is 2.49. The molecule has 0 aromatic carbocycles. The van der Waals surface area contributed by atoms with Gasteiger partial charge in [-0.1, -0.05) is 20.3 Å². The highest BCUT2D eigenvalue weighted by atomic mass is 32.2. The van der Waals surface area contributed by atoms with Crippen LogP contribution >= 0.6 is 11.8 Å². The minimum atomic E-state index is 0.172. The summed E-state index contributed by atoms with van der Waals surface area (Å²) in [5.41, 5.74) is 3.82. The average Bonchev–Trinajstić information content (AvgIpc) is 2.99. The molecule has 20 heavy (non-hydrogen) atoms. The lowest BCUT2D eigenvalue weighted by molar-refractivity contribution is -0.0910. The van der Waals surface area contributed by atoms with Crippen LogP contribution in [-0.2, 0) is 4.74 Å². The first-order chi connectivity index (χ1) is 9.56. The average molecular weight is 298 g/mol. The first-order valence-corrected chi connectivity index (χ1v) is 9.40. The zero-order chi connectivity index (χ0) is 14.2. The van der Waals surface area contributed by atoms with Gasteiger partial charge >= 0.3 is 0 Å². The Morgan fingerprint density at radius 2 is 2.15 bits per heavy atom. The second-order valence-corrected chi connectivity index (χ2v) is 8.87. The molecule has 4 atom stereocenters. The zero-order valence-electron chi connectivity index (χ0n) is 13.0. The van der Waals surface area contributed by atoms with Crippen LogP contribution in [0.4, 0.5) is 0 Å². The monoisotopic (exact) mass is 298 g/mol. The van der Waals surface area contributed by atoms with E-state index in [-0.39, 0.29) is 5.60 Å². The summed E-state index contributed by atoms with van der Waals surface area (Å²) in [6.07, 6.45) is 7.66. The van der Waals surface area contributed by atoms with Crippen molar-refractivity contribution in [2.24, 2.45) is 23.1 Å². The number of hydrogen-bond acceptors (Lipinski definition) is 4. The highest BCUT2D eigenvalue weighted by molar-refractivity contribution is 7.99. The van der Waals surface area contributed by atoms with Gasteiger partial charge in [0.15, 0.2) is 0 Å². The van der Waals surface area contributed by atoms with Gasteiger partial charge in [0.25, 0.3) is 0 Å². The number of ether oxygens (including phenoxy) is 1. The maximum absolute atomic E-state index is 6.18. The van der Waals surface area contributed by atoms with E-state index in [1.54, 1.807) is 0 Å². The van der Waals surface area contributed by atoms with E-state index in [0.29, 0.717) is 17.4 Å². The Kier molecular flexibility index (Phi) is 4.38. The van der Waals surface area contributed by atoms with Crippen molar-refractivity contribution in [3.05, 3.63) is 0 Å². The summed E-state index contributed by atoms with van der Waals surface area (Å²) >= 11 is 2.06. The van der Waals surface area contributed by atoms with Crippen LogP contribution in [0.3, 0.4) is 0 Å². The molecular weight excluding hydrogens is 268 g/mol. The predicted molar refractivity (Wildman–Crippen MR) is 85.6 cm³/mol. The molecular formula is C16H30N2OS. The Morgan fingerprint density at radius 3 is 2.75 bits per heavy atom. The fourth-order valence-corrected chi connectivity index (χ4v) is 6.21. The second-order valence-electron chi connectivity index (χ2n) is 7.77. The summed E-state index contributed by atoms with van der Waals surface area (Å²) in [6, 6.07) is 0.471. The maximum Gasteiger partial charge on any atom is 0.0783 e. The lowest BCUT2D eigenvalue weighted by atomic mass is 9.70. The van der Waals surface area contributed by atoms with Crippen LogP contribution in [0.2, 0.25) is 0 Å². The van der Waals surface area contributed by atoms with E-state index in [0.717, 1.165) is 12.5 Å². The van der Waals surface area contributed by atoms with E-state index in [4.69, 9.17) is 10.6 Å². The minimum absolute atomic E-state index is 0.172. The van der Waals surface area contributed by atoms with E-state index in [1.165, 1.54) is 50.0 Å². The molecule has 3 nitrogen and oxygen atoms in total. The summed E-state index contributed by atoms with van der Waals surface area (Å²) in [7, 11) is 0. The lowest BCUT2D eigenvalue weighted by Gasteiger charge is -2.44. The fraction of sp³-hybridized carbons (Fsp3) is 1.00. The topological polar surface area (TPSA) is 47.3 Å². The standard InChI is InChI=1S/C16H30N2OS/c1-15(2)6-3-4-13(15)14(18-17)12-5-8-19-16(10-12)7-9-20-11-16/h12-14,18H,3-11,17H2,1-2H3. The van der Waals surface area contributed by atoms with E-state index in [2.05, 4.69) is 31.0 Å². The molecule has 1 aliphatic carbocycles. The molecule has 116 valence electrons. The van der Waals surface area contributed by atoms with E-state index in [9.17, 15) is 0 Å². The molecule has 3 aliphatic rings. The number of thioether (sulfide) groups is 1. The predicted octanol–water partition coefficient (Wildman–Crippen LogP) is 2.95. The fourth-order valence-electron chi connectivity index (χ4n) is 4.84. The molecule has 1 saturated carbocycles. The molecule has 4 unspecified atom stereocenters. The SMILES string of the molecule is CC1(C)CCCC1C(NN)C1CCOC2(CCSC2)C1. The van der Waals surface area contributed by atoms with Gasteiger partial charge in [0.05, 0.1) is 5.60 Å². The summed E-state index contributed by atoms with van der Waals surface area (Å²) in [5, 5.41) is 0. The maximum atomic E-state index is 6.18. The summed E-state index contributed by atoms with van der Waals surface area (Å²) in [5.74, 6) is 9.86. The van der Waals surface area contributed by atoms with Crippen LogP contribution in [0.5, 0.6) is 0 Å². The zero-order valence-corrected chi connectivity index (χ0v) is 13.8. The van der Waals surface area contributed by atoms with Crippen molar-refractivity contribution < 1.29 is 4.74 Å². The van der Waals surface area contributed by atoms with Crippen molar-refractivity contribution in [1.29, 1.82) is 0 Å². The lowest BCUT2D eigenvalue weighted by Crippen LogP contribution is -2.53. The number of nitrogens with two attached hydrogens (primary N) is 1. The third-order valence-corrected chi connectivity index (χ3v) is 7.30. The van der Waals surface area contributed by atoms with Gasteiger partial charge in [0.1, 0.15) is 0 Å². The van der Waals surface area contributed by atoms with Gasteiger partial charge in [-0.2, -0.15) is 11.8 Å². The smallest absolute Gasteiger partial charge is 0.0783 e. The second kappa shape index (κ2) is 5.79. The summed E-state index contributed by atoms with van der Waals surface area (Å²) < 4.78 is 6.18. The quantitative estimate of drug-likeness (QED) is 0.621. The van der Waals surface area contributed by atoms with Crippen LogP contribution < -0.4 is 11.3 Å². The first-order valence-electron chi connectivity index (χ1n) is 8.24. The molecule has 3 fully saturated rings. The van der Waals surface area contributed by atoms with Gasteiger partial charge in [-0.3, -0.25) is 11.3 Å². The molecule has 4 heteroatoms. The molecule has 0 bridgehead atoms. The number of nitrogens with one attached hydrogen (secondary N) is 1.